The van der Waals surface area contributed by atoms with E-state index >= 15 is 0 Å². The summed E-state index contributed by atoms with van der Waals surface area (Å²) in [5.41, 5.74) is 3.55. The predicted molar refractivity (Wildman–Crippen MR) is 120 cm³/mol. The molecule has 0 spiro atoms. The number of rotatable bonds is 3. The van der Waals surface area contributed by atoms with Crippen LogP contribution in [0.25, 0.3) is 16.6 Å². The van der Waals surface area contributed by atoms with Crippen molar-refractivity contribution in [3.05, 3.63) is 63.2 Å². The summed E-state index contributed by atoms with van der Waals surface area (Å²) >= 11 is 6.38. The Morgan fingerprint density at radius 3 is 2.93 bits per heavy atom. The van der Waals surface area contributed by atoms with Crippen LogP contribution in [0.4, 0.5) is 5.69 Å². The minimum Gasteiger partial charge on any atom is -0.383 e. The summed E-state index contributed by atoms with van der Waals surface area (Å²) in [4.78, 5) is 19.6. The van der Waals surface area contributed by atoms with Crippen LogP contribution >= 0.6 is 11.6 Å². The van der Waals surface area contributed by atoms with Gasteiger partial charge in [-0.05, 0) is 43.7 Å². The van der Waals surface area contributed by atoms with Gasteiger partial charge in [0.1, 0.15) is 5.82 Å². The largest absolute Gasteiger partial charge is 0.383 e. The molecule has 0 aliphatic carbocycles. The van der Waals surface area contributed by atoms with Crippen LogP contribution in [0.15, 0.2) is 41.2 Å². The molecule has 0 unspecified atom stereocenters. The lowest BCUT2D eigenvalue weighted by molar-refractivity contribution is 0.163. The first kappa shape index (κ1) is 19.5. The summed E-state index contributed by atoms with van der Waals surface area (Å²) in [5, 5.41) is 4.42. The topological polar surface area (TPSA) is 59.4 Å². The van der Waals surface area contributed by atoms with Gasteiger partial charge in [-0.2, -0.15) is 4.98 Å². The lowest BCUT2D eigenvalue weighted by atomic mass is 9.85. The first-order valence-electron chi connectivity index (χ1n) is 10.3. The SMILES string of the molecule is COC[C@@H]1CN(c2ccc3c(c2)-n2c(nc(=O)c4c(Cl)cccc42)C3(C)C)CCN1. The third-order valence-corrected chi connectivity index (χ3v) is 6.62. The van der Waals surface area contributed by atoms with Gasteiger partial charge >= 0.3 is 0 Å². The van der Waals surface area contributed by atoms with Gasteiger partial charge in [0.15, 0.2) is 0 Å². The highest BCUT2D eigenvalue weighted by Crippen LogP contribution is 2.44. The number of hydrogen-bond acceptors (Lipinski definition) is 5. The van der Waals surface area contributed by atoms with Gasteiger partial charge in [0.2, 0.25) is 0 Å². The van der Waals surface area contributed by atoms with E-state index in [1.54, 1.807) is 13.2 Å². The predicted octanol–water partition coefficient (Wildman–Crippen LogP) is 3.10. The molecule has 7 heteroatoms. The summed E-state index contributed by atoms with van der Waals surface area (Å²) in [5.74, 6) is 0.756. The Morgan fingerprint density at radius 1 is 1.30 bits per heavy atom. The van der Waals surface area contributed by atoms with Crippen molar-refractivity contribution >= 4 is 28.2 Å². The number of benzene rings is 2. The zero-order valence-corrected chi connectivity index (χ0v) is 18.2. The van der Waals surface area contributed by atoms with Gasteiger partial charge < -0.3 is 15.0 Å². The molecule has 1 fully saturated rings. The van der Waals surface area contributed by atoms with Crippen LogP contribution in [0.5, 0.6) is 0 Å². The van der Waals surface area contributed by atoms with Crippen molar-refractivity contribution in [1.82, 2.24) is 14.9 Å². The van der Waals surface area contributed by atoms with Gasteiger partial charge in [-0.15, -0.1) is 0 Å². The second-order valence-corrected chi connectivity index (χ2v) is 9.00. The Bertz CT molecular complexity index is 1200. The molecule has 5 rings (SSSR count). The van der Waals surface area contributed by atoms with E-state index in [4.69, 9.17) is 16.3 Å². The van der Waals surface area contributed by atoms with Crippen LogP contribution in [0.3, 0.4) is 0 Å². The first-order chi connectivity index (χ1) is 14.4. The number of nitrogens with zero attached hydrogens (tertiary/aromatic N) is 3. The third-order valence-electron chi connectivity index (χ3n) is 6.31. The summed E-state index contributed by atoms with van der Waals surface area (Å²) in [7, 11) is 1.74. The molecule has 1 saturated heterocycles. The van der Waals surface area contributed by atoms with Crippen molar-refractivity contribution < 1.29 is 4.74 Å². The molecule has 0 saturated carbocycles. The molecule has 0 amide bonds. The van der Waals surface area contributed by atoms with E-state index in [1.165, 1.54) is 0 Å². The van der Waals surface area contributed by atoms with Crippen LogP contribution in [0.1, 0.15) is 25.2 Å². The van der Waals surface area contributed by atoms with E-state index in [1.807, 2.05) is 12.1 Å². The minimum absolute atomic E-state index is 0.271. The van der Waals surface area contributed by atoms with Crippen LogP contribution in [-0.4, -0.2) is 48.9 Å². The fourth-order valence-electron chi connectivity index (χ4n) is 4.81. The summed E-state index contributed by atoms with van der Waals surface area (Å²) < 4.78 is 7.45. The first-order valence-corrected chi connectivity index (χ1v) is 10.6. The second-order valence-electron chi connectivity index (χ2n) is 8.59. The van der Waals surface area contributed by atoms with Crippen LogP contribution in [0, 0.1) is 0 Å². The van der Waals surface area contributed by atoms with Gasteiger partial charge in [0.05, 0.1) is 33.6 Å². The summed E-state index contributed by atoms with van der Waals surface area (Å²) in [6, 6.07) is 12.5. The number of aromatic nitrogens is 2. The van der Waals surface area contributed by atoms with E-state index in [2.05, 4.69) is 51.8 Å². The quantitative estimate of drug-likeness (QED) is 0.700. The van der Waals surface area contributed by atoms with Crippen molar-refractivity contribution in [2.24, 2.45) is 0 Å². The number of ether oxygens (including phenoxy) is 1. The Hall–Kier alpha value is -2.41. The number of fused-ring (bicyclic) bond motifs is 5. The zero-order valence-electron chi connectivity index (χ0n) is 17.4. The van der Waals surface area contributed by atoms with Crippen molar-refractivity contribution in [2.75, 3.05) is 38.3 Å². The fraction of sp³-hybridized carbons (Fsp3) is 0.391. The van der Waals surface area contributed by atoms with Crippen molar-refractivity contribution in [3.63, 3.8) is 0 Å². The molecule has 2 aromatic carbocycles. The molecular weight excluding hydrogens is 400 g/mol. The van der Waals surface area contributed by atoms with Crippen LogP contribution < -0.4 is 15.8 Å². The Kier molecular flexibility index (Phi) is 4.61. The Balaban J connectivity index is 1.69. The molecule has 1 atom stereocenters. The minimum atomic E-state index is -0.369. The highest BCUT2D eigenvalue weighted by molar-refractivity contribution is 6.35. The molecule has 0 bridgehead atoms. The summed E-state index contributed by atoms with van der Waals surface area (Å²) in [6.45, 7) is 7.66. The molecular formula is C23H25ClN4O2. The van der Waals surface area contributed by atoms with Crippen molar-refractivity contribution in [1.29, 1.82) is 0 Å². The molecule has 6 nitrogen and oxygen atoms in total. The number of piperazine rings is 1. The lowest BCUT2D eigenvalue weighted by Gasteiger charge is -2.35. The molecule has 3 heterocycles. The van der Waals surface area contributed by atoms with Crippen LogP contribution in [-0.2, 0) is 10.2 Å². The monoisotopic (exact) mass is 424 g/mol. The van der Waals surface area contributed by atoms with Crippen molar-refractivity contribution in [3.8, 4) is 5.69 Å². The van der Waals surface area contributed by atoms with E-state index in [0.29, 0.717) is 23.1 Å². The number of hydrogen-bond donors (Lipinski definition) is 1. The van der Waals surface area contributed by atoms with Gasteiger partial charge in [0, 0.05) is 38.5 Å². The molecule has 30 heavy (non-hydrogen) atoms. The van der Waals surface area contributed by atoms with E-state index in [0.717, 1.165) is 47.9 Å². The molecule has 1 aromatic heterocycles. The number of methoxy groups -OCH3 is 1. The van der Waals surface area contributed by atoms with E-state index in [9.17, 15) is 4.79 Å². The average molecular weight is 425 g/mol. The molecule has 2 aliphatic heterocycles. The Morgan fingerprint density at radius 2 is 2.13 bits per heavy atom. The van der Waals surface area contributed by atoms with Crippen molar-refractivity contribution in [2.45, 2.75) is 25.3 Å². The van der Waals surface area contributed by atoms with Gasteiger partial charge in [-0.25, -0.2) is 0 Å². The second kappa shape index (κ2) is 7.08. The fourth-order valence-corrected chi connectivity index (χ4v) is 5.06. The average Bonchev–Trinajstić information content (AvgIpc) is 2.95. The third kappa shape index (κ3) is 2.86. The normalized spacial score (nSPS) is 19.7. The number of halogens is 1. The van der Waals surface area contributed by atoms with Gasteiger partial charge in [0.25, 0.3) is 5.56 Å². The maximum atomic E-state index is 12.8. The molecule has 3 aromatic rings. The van der Waals surface area contributed by atoms with E-state index < -0.39 is 0 Å². The molecule has 1 N–H and O–H groups in total. The number of anilines is 1. The summed E-state index contributed by atoms with van der Waals surface area (Å²) in [6.07, 6.45) is 0. The van der Waals surface area contributed by atoms with Crippen LogP contribution in [0.2, 0.25) is 5.02 Å². The maximum absolute atomic E-state index is 12.8. The van der Waals surface area contributed by atoms with Gasteiger partial charge in [-0.3, -0.25) is 9.36 Å². The zero-order chi connectivity index (χ0) is 21.0. The smallest absolute Gasteiger partial charge is 0.282 e. The highest BCUT2D eigenvalue weighted by Gasteiger charge is 2.39. The highest BCUT2D eigenvalue weighted by atomic mass is 35.5. The molecule has 0 radical (unpaired) electrons. The number of nitrogens with one attached hydrogen (secondary N) is 1. The molecule has 156 valence electrons. The maximum Gasteiger partial charge on any atom is 0.282 e. The van der Waals surface area contributed by atoms with E-state index in [-0.39, 0.29) is 11.0 Å². The standard InChI is InChI=1S/C23H25ClN4O2/c1-23(2)16-8-7-15(27-10-9-25-14(12-27)13-30-3)11-19(16)28-18-6-4-5-17(24)20(18)21(29)26-22(23)28/h4-8,11,14,25H,9-10,12-13H2,1-3H3/t14-/m0/s1. The molecule has 2 aliphatic rings. The lowest BCUT2D eigenvalue weighted by Crippen LogP contribution is -2.52. The van der Waals surface area contributed by atoms with Gasteiger partial charge in [-0.1, -0.05) is 23.7 Å². The Labute approximate surface area is 180 Å².